The van der Waals surface area contributed by atoms with Gasteiger partial charge in [0.2, 0.25) is 0 Å². The van der Waals surface area contributed by atoms with Crippen LogP contribution in [0.5, 0.6) is 0 Å². The SMILES string of the molecule is O=C(O)CC(=O)OS. The summed E-state index contributed by atoms with van der Waals surface area (Å²) in [6.45, 7) is 0. The first-order valence-electron chi connectivity index (χ1n) is 1.73. The van der Waals surface area contributed by atoms with Crippen molar-refractivity contribution in [1.82, 2.24) is 0 Å². The van der Waals surface area contributed by atoms with Crippen molar-refractivity contribution in [1.29, 1.82) is 0 Å². The first kappa shape index (κ1) is 7.29. The van der Waals surface area contributed by atoms with Crippen LogP contribution in [0, 0.1) is 0 Å². The van der Waals surface area contributed by atoms with E-state index in [4.69, 9.17) is 5.11 Å². The molecule has 4 nitrogen and oxygen atoms in total. The maximum Gasteiger partial charge on any atom is 0.328 e. The number of hydrogen-bond donors (Lipinski definition) is 2. The Hall–Kier alpha value is -0.710. The normalized spacial score (nSPS) is 8.12. The van der Waals surface area contributed by atoms with Gasteiger partial charge in [0, 0.05) is 12.9 Å². The van der Waals surface area contributed by atoms with Crippen LogP contribution in [0.3, 0.4) is 0 Å². The summed E-state index contributed by atoms with van der Waals surface area (Å²) >= 11 is 3.08. The number of carbonyl (C=O) groups excluding carboxylic acids is 1. The quantitative estimate of drug-likeness (QED) is 0.315. The van der Waals surface area contributed by atoms with Crippen LogP contribution in [0.4, 0.5) is 0 Å². The maximum atomic E-state index is 9.94. The molecule has 46 valence electrons. The van der Waals surface area contributed by atoms with Crippen molar-refractivity contribution in [3.8, 4) is 0 Å². The molecule has 0 saturated carbocycles. The lowest BCUT2D eigenvalue weighted by Crippen LogP contribution is -2.05. The third-order valence-electron chi connectivity index (χ3n) is 0.397. The molecular weight excluding hydrogens is 132 g/mol. The Balaban J connectivity index is 3.40. The van der Waals surface area contributed by atoms with E-state index in [1.165, 1.54) is 0 Å². The summed E-state index contributed by atoms with van der Waals surface area (Å²) in [6, 6.07) is 0. The summed E-state index contributed by atoms with van der Waals surface area (Å²) in [4.78, 5) is 19.6. The Morgan fingerprint density at radius 2 is 2.12 bits per heavy atom. The van der Waals surface area contributed by atoms with E-state index in [1.807, 2.05) is 0 Å². The van der Waals surface area contributed by atoms with Gasteiger partial charge in [-0.3, -0.25) is 9.59 Å². The van der Waals surface area contributed by atoms with Gasteiger partial charge in [-0.1, -0.05) is 0 Å². The standard InChI is InChI=1S/C3H4O4S/c4-2(5)1-3(6)7-8/h8H,1H2,(H,4,5). The topological polar surface area (TPSA) is 63.6 Å². The Kier molecular flexibility index (Phi) is 3.02. The summed E-state index contributed by atoms with van der Waals surface area (Å²) in [7, 11) is 0. The van der Waals surface area contributed by atoms with Crippen LogP contribution in [-0.4, -0.2) is 17.0 Å². The fourth-order valence-corrected chi connectivity index (χ4v) is 0.220. The van der Waals surface area contributed by atoms with Gasteiger partial charge in [0.05, 0.1) is 0 Å². The number of hydrogen-bond acceptors (Lipinski definition) is 4. The van der Waals surface area contributed by atoms with Crippen LogP contribution in [0.2, 0.25) is 0 Å². The minimum Gasteiger partial charge on any atom is -0.481 e. The van der Waals surface area contributed by atoms with Crippen LogP contribution in [0.1, 0.15) is 6.42 Å². The fourth-order valence-electron chi connectivity index (χ4n) is 0.156. The highest BCUT2D eigenvalue weighted by atomic mass is 32.1. The molecular formula is C3H4O4S. The molecule has 0 bridgehead atoms. The van der Waals surface area contributed by atoms with Gasteiger partial charge in [0.1, 0.15) is 6.42 Å². The van der Waals surface area contributed by atoms with Crippen molar-refractivity contribution in [2.24, 2.45) is 0 Å². The van der Waals surface area contributed by atoms with Crippen molar-refractivity contribution in [3.05, 3.63) is 0 Å². The first-order chi connectivity index (χ1) is 3.66. The van der Waals surface area contributed by atoms with Crippen LogP contribution < -0.4 is 0 Å². The third-order valence-corrected chi connectivity index (χ3v) is 0.601. The summed E-state index contributed by atoms with van der Waals surface area (Å²) in [5.41, 5.74) is 0. The van der Waals surface area contributed by atoms with Crippen molar-refractivity contribution in [2.45, 2.75) is 6.42 Å². The number of carboxylic acids is 1. The minimum absolute atomic E-state index is 0.635. The van der Waals surface area contributed by atoms with Gasteiger partial charge < -0.3 is 9.29 Å². The highest BCUT2D eigenvalue weighted by molar-refractivity contribution is 7.75. The molecule has 0 aliphatic heterocycles. The van der Waals surface area contributed by atoms with E-state index in [9.17, 15) is 9.59 Å². The van der Waals surface area contributed by atoms with Crippen molar-refractivity contribution < 1.29 is 18.9 Å². The molecule has 0 radical (unpaired) electrons. The average Bonchev–Trinajstić information content (AvgIpc) is 1.65. The van der Waals surface area contributed by atoms with Gasteiger partial charge in [-0.05, 0) is 0 Å². The zero-order valence-electron chi connectivity index (χ0n) is 3.83. The smallest absolute Gasteiger partial charge is 0.328 e. The summed E-state index contributed by atoms with van der Waals surface area (Å²) in [6.07, 6.45) is -0.635. The fraction of sp³-hybridized carbons (Fsp3) is 0.333. The zero-order chi connectivity index (χ0) is 6.57. The predicted molar refractivity (Wildman–Crippen MR) is 27.3 cm³/mol. The molecule has 0 unspecified atom stereocenters. The molecule has 0 aliphatic rings. The van der Waals surface area contributed by atoms with Gasteiger partial charge in [-0.2, -0.15) is 0 Å². The van der Waals surface area contributed by atoms with E-state index < -0.39 is 18.4 Å². The molecule has 8 heavy (non-hydrogen) atoms. The number of rotatable bonds is 2. The van der Waals surface area contributed by atoms with E-state index in [1.54, 1.807) is 0 Å². The molecule has 0 aromatic carbocycles. The van der Waals surface area contributed by atoms with Crippen LogP contribution in [-0.2, 0) is 13.8 Å². The lowest BCUT2D eigenvalue weighted by molar-refractivity contribution is -0.144. The van der Waals surface area contributed by atoms with Gasteiger partial charge in [0.25, 0.3) is 0 Å². The van der Waals surface area contributed by atoms with Gasteiger partial charge >= 0.3 is 11.9 Å². The van der Waals surface area contributed by atoms with E-state index in [2.05, 4.69) is 17.1 Å². The number of aliphatic carboxylic acids is 1. The maximum absolute atomic E-state index is 9.94. The second-order valence-electron chi connectivity index (χ2n) is 1.03. The Morgan fingerprint density at radius 3 is 2.25 bits per heavy atom. The van der Waals surface area contributed by atoms with Crippen molar-refractivity contribution in [3.63, 3.8) is 0 Å². The third kappa shape index (κ3) is 3.48. The van der Waals surface area contributed by atoms with Crippen LogP contribution in [0.15, 0.2) is 0 Å². The molecule has 0 amide bonds. The Bertz CT molecular complexity index is 110. The number of carboxylic acid groups (broad SMARTS) is 1. The predicted octanol–water partition coefficient (Wildman–Crippen LogP) is -0.151. The molecule has 0 aliphatic carbocycles. The number of carbonyl (C=O) groups is 2. The average molecular weight is 136 g/mol. The van der Waals surface area contributed by atoms with E-state index >= 15 is 0 Å². The van der Waals surface area contributed by atoms with Crippen LogP contribution in [0.25, 0.3) is 0 Å². The van der Waals surface area contributed by atoms with Gasteiger partial charge in [-0.15, -0.1) is 0 Å². The van der Waals surface area contributed by atoms with Crippen molar-refractivity contribution in [2.75, 3.05) is 0 Å². The van der Waals surface area contributed by atoms with Crippen LogP contribution >= 0.6 is 12.9 Å². The Labute approximate surface area is 51.1 Å². The zero-order valence-corrected chi connectivity index (χ0v) is 4.72. The molecule has 0 atom stereocenters. The largest absolute Gasteiger partial charge is 0.481 e. The highest BCUT2D eigenvalue weighted by Crippen LogP contribution is 1.86. The van der Waals surface area contributed by atoms with E-state index in [0.717, 1.165) is 0 Å². The summed E-state index contributed by atoms with van der Waals surface area (Å²) in [5, 5.41) is 7.88. The molecule has 0 spiro atoms. The monoisotopic (exact) mass is 136 g/mol. The lowest BCUT2D eigenvalue weighted by atomic mass is 10.5. The molecule has 0 aromatic rings. The second-order valence-corrected chi connectivity index (χ2v) is 1.22. The number of thiol groups is 1. The molecule has 1 N–H and O–H groups in total. The summed E-state index contributed by atoms with van der Waals surface area (Å²) < 4.78 is 3.74. The lowest BCUT2D eigenvalue weighted by Gasteiger charge is -1.88. The van der Waals surface area contributed by atoms with E-state index in [-0.39, 0.29) is 0 Å². The minimum atomic E-state index is -1.22. The second kappa shape index (κ2) is 3.31. The molecule has 0 heterocycles. The Morgan fingerprint density at radius 1 is 1.62 bits per heavy atom. The molecule has 0 aromatic heterocycles. The van der Waals surface area contributed by atoms with Crippen molar-refractivity contribution >= 4 is 24.8 Å². The molecule has 0 rings (SSSR count). The first-order valence-corrected chi connectivity index (χ1v) is 2.09. The summed E-state index contributed by atoms with van der Waals surface area (Å²) in [5.74, 6) is -2.08. The molecule has 5 heteroatoms. The van der Waals surface area contributed by atoms with Gasteiger partial charge in [0.15, 0.2) is 0 Å². The molecule has 0 fully saturated rings. The molecule has 0 saturated heterocycles. The highest BCUT2D eigenvalue weighted by Gasteiger charge is 2.05. The van der Waals surface area contributed by atoms with E-state index in [0.29, 0.717) is 0 Å². The van der Waals surface area contributed by atoms with Gasteiger partial charge in [-0.25, -0.2) is 0 Å².